The molecule has 6 nitrogen and oxygen atoms in total. The van der Waals surface area contributed by atoms with Crippen LogP contribution in [0.3, 0.4) is 0 Å². The van der Waals surface area contributed by atoms with E-state index in [9.17, 15) is 9.50 Å². The molecule has 2 aromatic carbocycles. The predicted molar refractivity (Wildman–Crippen MR) is 126 cm³/mol. The number of nitrogens with one attached hydrogen (secondary N) is 1. The fourth-order valence-corrected chi connectivity index (χ4v) is 3.50. The van der Waals surface area contributed by atoms with Crippen molar-refractivity contribution in [2.24, 2.45) is 4.99 Å². The average Bonchev–Trinajstić information content (AvgIpc) is 2.76. The molecule has 0 radical (unpaired) electrons. The molecule has 0 bridgehead atoms. The van der Waals surface area contributed by atoms with Crippen molar-refractivity contribution < 1.29 is 19.0 Å². The summed E-state index contributed by atoms with van der Waals surface area (Å²) in [6, 6.07) is 8.80. The zero-order valence-electron chi connectivity index (χ0n) is 17.6. The maximum Gasteiger partial charge on any atom is 0.194 e. The number of methoxy groups -OCH3 is 2. The Morgan fingerprint density at radius 1 is 1.17 bits per heavy atom. The summed E-state index contributed by atoms with van der Waals surface area (Å²) in [5.74, 6) is 1.88. The number of aliphatic imine (C=N–C) groups is 1. The zero-order chi connectivity index (χ0) is 20.8. The molecular weight excluding hydrogens is 500 g/mol. The minimum atomic E-state index is -0.399. The van der Waals surface area contributed by atoms with E-state index >= 15 is 0 Å². The summed E-state index contributed by atoms with van der Waals surface area (Å²) in [7, 11) is 3.28. The molecule has 2 aromatic rings. The molecule has 164 valence electrons. The molecule has 0 aliphatic carbocycles. The number of aliphatic hydroxyl groups excluding tert-OH is 1. The summed E-state index contributed by atoms with van der Waals surface area (Å²) < 4.78 is 24.5. The van der Waals surface area contributed by atoms with Crippen LogP contribution in [0.5, 0.6) is 11.5 Å². The van der Waals surface area contributed by atoms with Crippen LogP contribution in [0.2, 0.25) is 0 Å². The standard InChI is InChI=1S/C22H28FN3O3.HI/c1-4-24-22(25-12-15-5-6-19(23)18(9-15)14-27)26-8-7-16-10-20(28-2)21(29-3)11-17(16)13-26;/h5-6,9-11,27H,4,7-8,12-14H2,1-3H3,(H,24,25);1H. The number of ether oxygens (including phenoxy) is 2. The van der Waals surface area contributed by atoms with Crippen LogP contribution in [0.15, 0.2) is 35.3 Å². The number of hydrogen-bond donors (Lipinski definition) is 2. The second kappa shape index (κ2) is 11.4. The SMILES string of the molecule is CCNC(=NCc1ccc(F)c(CO)c1)N1CCc2cc(OC)c(OC)cc2C1.I. The largest absolute Gasteiger partial charge is 0.493 e. The van der Waals surface area contributed by atoms with Gasteiger partial charge in [0.25, 0.3) is 0 Å². The summed E-state index contributed by atoms with van der Waals surface area (Å²) in [6.07, 6.45) is 0.880. The van der Waals surface area contributed by atoms with Gasteiger partial charge in [-0.1, -0.05) is 6.07 Å². The lowest BCUT2D eigenvalue weighted by atomic mass is 9.99. The minimum absolute atomic E-state index is 0. The van der Waals surface area contributed by atoms with Gasteiger partial charge in [0.1, 0.15) is 5.82 Å². The van der Waals surface area contributed by atoms with E-state index in [0.29, 0.717) is 13.1 Å². The van der Waals surface area contributed by atoms with Crippen molar-refractivity contribution in [1.29, 1.82) is 0 Å². The molecule has 0 fully saturated rings. The zero-order valence-corrected chi connectivity index (χ0v) is 19.9. The molecule has 0 saturated carbocycles. The average molecular weight is 529 g/mol. The number of benzene rings is 2. The highest BCUT2D eigenvalue weighted by atomic mass is 127. The topological polar surface area (TPSA) is 66.3 Å². The molecule has 0 atom stereocenters. The van der Waals surface area contributed by atoms with Crippen molar-refractivity contribution in [1.82, 2.24) is 10.2 Å². The number of guanidine groups is 1. The Morgan fingerprint density at radius 2 is 1.87 bits per heavy atom. The van der Waals surface area contributed by atoms with Gasteiger partial charge in [0.15, 0.2) is 17.5 Å². The Labute approximate surface area is 194 Å². The van der Waals surface area contributed by atoms with Gasteiger partial charge < -0.3 is 24.8 Å². The molecule has 1 aliphatic rings. The smallest absolute Gasteiger partial charge is 0.194 e. The van der Waals surface area contributed by atoms with E-state index in [1.807, 2.05) is 19.1 Å². The normalized spacial score (nSPS) is 13.4. The van der Waals surface area contributed by atoms with E-state index in [-0.39, 0.29) is 36.1 Å². The molecule has 0 saturated heterocycles. The predicted octanol–water partition coefficient (Wildman–Crippen LogP) is 3.48. The second-order valence-electron chi connectivity index (χ2n) is 6.90. The lowest BCUT2D eigenvalue weighted by molar-refractivity contribution is 0.275. The molecule has 1 heterocycles. The maximum atomic E-state index is 13.6. The van der Waals surface area contributed by atoms with Crippen LogP contribution in [0.1, 0.15) is 29.2 Å². The van der Waals surface area contributed by atoms with E-state index in [1.165, 1.54) is 17.2 Å². The van der Waals surface area contributed by atoms with Gasteiger partial charge >= 0.3 is 0 Å². The quantitative estimate of drug-likeness (QED) is 0.341. The first-order valence-corrected chi connectivity index (χ1v) is 9.74. The Morgan fingerprint density at radius 3 is 2.50 bits per heavy atom. The minimum Gasteiger partial charge on any atom is -0.493 e. The molecule has 30 heavy (non-hydrogen) atoms. The number of rotatable bonds is 6. The number of fused-ring (bicyclic) bond motifs is 1. The van der Waals surface area contributed by atoms with Gasteiger partial charge in [0.2, 0.25) is 0 Å². The fourth-order valence-electron chi connectivity index (χ4n) is 3.50. The molecule has 3 rings (SSSR count). The third-order valence-electron chi connectivity index (χ3n) is 5.04. The van der Waals surface area contributed by atoms with E-state index in [0.717, 1.165) is 42.5 Å². The first-order chi connectivity index (χ1) is 14.1. The van der Waals surface area contributed by atoms with Gasteiger partial charge in [-0.25, -0.2) is 9.38 Å². The van der Waals surface area contributed by atoms with Crippen molar-refractivity contribution in [2.45, 2.75) is 33.0 Å². The fraction of sp³-hybridized carbons (Fsp3) is 0.409. The Bertz CT molecular complexity index is 892. The number of aliphatic hydroxyl groups is 1. The van der Waals surface area contributed by atoms with Crippen molar-refractivity contribution in [3.05, 3.63) is 58.4 Å². The Balaban J connectivity index is 0.00000320. The van der Waals surface area contributed by atoms with E-state index in [4.69, 9.17) is 14.5 Å². The van der Waals surface area contributed by atoms with Crippen molar-refractivity contribution in [2.75, 3.05) is 27.3 Å². The lowest BCUT2D eigenvalue weighted by Crippen LogP contribution is -2.44. The highest BCUT2D eigenvalue weighted by molar-refractivity contribution is 14.0. The number of hydrogen-bond acceptors (Lipinski definition) is 4. The van der Waals surface area contributed by atoms with Gasteiger partial charge in [-0.3, -0.25) is 0 Å². The summed E-state index contributed by atoms with van der Waals surface area (Å²) in [4.78, 5) is 6.94. The molecule has 0 spiro atoms. The van der Waals surface area contributed by atoms with E-state index in [1.54, 1.807) is 26.4 Å². The van der Waals surface area contributed by atoms with Crippen LogP contribution in [0.25, 0.3) is 0 Å². The van der Waals surface area contributed by atoms with Gasteiger partial charge in [-0.2, -0.15) is 0 Å². The van der Waals surface area contributed by atoms with Crippen molar-refractivity contribution in [3.8, 4) is 11.5 Å². The monoisotopic (exact) mass is 529 g/mol. The molecule has 8 heteroatoms. The first-order valence-electron chi connectivity index (χ1n) is 9.74. The Hall–Kier alpha value is -2.07. The van der Waals surface area contributed by atoms with E-state index < -0.39 is 5.82 Å². The maximum absolute atomic E-state index is 13.6. The molecule has 0 aromatic heterocycles. The molecule has 0 amide bonds. The van der Waals surface area contributed by atoms with Gasteiger partial charge in [-0.15, -0.1) is 24.0 Å². The van der Waals surface area contributed by atoms with Crippen molar-refractivity contribution >= 4 is 29.9 Å². The van der Waals surface area contributed by atoms with Gasteiger partial charge in [0, 0.05) is 25.2 Å². The third kappa shape index (κ3) is 5.54. The van der Waals surface area contributed by atoms with Crippen LogP contribution < -0.4 is 14.8 Å². The van der Waals surface area contributed by atoms with Gasteiger partial charge in [0.05, 0.1) is 27.4 Å². The number of halogens is 2. The Kier molecular flexibility index (Phi) is 9.16. The highest BCUT2D eigenvalue weighted by Gasteiger charge is 2.21. The highest BCUT2D eigenvalue weighted by Crippen LogP contribution is 2.33. The molecule has 0 unspecified atom stereocenters. The van der Waals surface area contributed by atoms with Crippen LogP contribution >= 0.6 is 24.0 Å². The van der Waals surface area contributed by atoms with Crippen LogP contribution in [-0.4, -0.2) is 43.3 Å². The van der Waals surface area contributed by atoms with Crippen LogP contribution in [0.4, 0.5) is 4.39 Å². The molecular formula is C22H29FIN3O3. The van der Waals surface area contributed by atoms with Crippen LogP contribution in [0, 0.1) is 5.82 Å². The van der Waals surface area contributed by atoms with E-state index in [2.05, 4.69) is 10.2 Å². The van der Waals surface area contributed by atoms with Crippen molar-refractivity contribution in [3.63, 3.8) is 0 Å². The summed E-state index contributed by atoms with van der Waals surface area (Å²) in [5, 5.41) is 12.6. The summed E-state index contributed by atoms with van der Waals surface area (Å²) in [6.45, 7) is 4.41. The first kappa shape index (κ1) is 24.2. The third-order valence-corrected chi connectivity index (χ3v) is 5.04. The molecule has 2 N–H and O–H groups in total. The van der Waals surface area contributed by atoms with Gasteiger partial charge in [-0.05, 0) is 54.3 Å². The summed E-state index contributed by atoms with van der Waals surface area (Å²) in [5.41, 5.74) is 3.58. The van der Waals surface area contributed by atoms with Crippen LogP contribution in [-0.2, 0) is 26.1 Å². The summed E-state index contributed by atoms with van der Waals surface area (Å²) >= 11 is 0. The number of nitrogens with zero attached hydrogens (tertiary/aromatic N) is 2. The second-order valence-corrected chi connectivity index (χ2v) is 6.90. The molecule has 1 aliphatic heterocycles. The lowest BCUT2D eigenvalue weighted by Gasteiger charge is -2.32.